The maximum absolute atomic E-state index is 12.4. The fraction of sp³-hybridized carbons (Fsp3) is 0.500. The van der Waals surface area contributed by atoms with Crippen molar-refractivity contribution < 1.29 is 12.9 Å². The van der Waals surface area contributed by atoms with Crippen LogP contribution in [0.2, 0.25) is 0 Å². The van der Waals surface area contributed by atoms with Crippen molar-refractivity contribution in [3.05, 3.63) is 30.3 Å². The van der Waals surface area contributed by atoms with Crippen molar-refractivity contribution in [3.8, 4) is 0 Å². The highest BCUT2D eigenvalue weighted by atomic mass is 32.2. The highest BCUT2D eigenvalue weighted by Crippen LogP contribution is 2.38. The van der Waals surface area contributed by atoms with Crippen LogP contribution >= 0.6 is 0 Å². The third-order valence-corrected chi connectivity index (χ3v) is 6.12. The van der Waals surface area contributed by atoms with E-state index in [0.717, 1.165) is 17.8 Å². The van der Waals surface area contributed by atoms with Crippen LogP contribution in [0.25, 0.3) is 0 Å². The molecule has 4 rings (SSSR count). The Morgan fingerprint density at radius 1 is 1.09 bits per heavy atom. The summed E-state index contributed by atoms with van der Waals surface area (Å²) in [7, 11) is -3.52. The van der Waals surface area contributed by atoms with Crippen LogP contribution in [0.5, 0.6) is 0 Å². The number of nitrogens with zero attached hydrogens (tertiary/aromatic N) is 5. The Morgan fingerprint density at radius 2 is 1.87 bits per heavy atom. The number of piperazine rings is 1. The van der Waals surface area contributed by atoms with Crippen LogP contribution in [0.1, 0.15) is 24.5 Å². The van der Waals surface area contributed by atoms with Gasteiger partial charge < -0.3 is 9.42 Å². The molecule has 0 bridgehead atoms. The highest BCUT2D eigenvalue weighted by Gasteiger charge is 2.30. The van der Waals surface area contributed by atoms with E-state index < -0.39 is 10.0 Å². The molecule has 0 aromatic carbocycles. The number of hydrogen-bond donors (Lipinski definition) is 0. The second kappa shape index (κ2) is 5.57. The van der Waals surface area contributed by atoms with Crippen LogP contribution in [-0.2, 0) is 10.0 Å². The van der Waals surface area contributed by atoms with Crippen LogP contribution < -0.4 is 4.90 Å². The second-order valence-electron chi connectivity index (χ2n) is 5.84. The Hall–Kier alpha value is -2.00. The third kappa shape index (κ3) is 2.81. The minimum absolute atomic E-state index is 0.0968. The van der Waals surface area contributed by atoms with Gasteiger partial charge in [0.2, 0.25) is 10.0 Å². The molecule has 3 heterocycles. The summed E-state index contributed by atoms with van der Waals surface area (Å²) < 4.78 is 30.9. The molecule has 2 aromatic rings. The van der Waals surface area contributed by atoms with E-state index in [2.05, 4.69) is 24.8 Å². The van der Waals surface area contributed by atoms with E-state index in [4.69, 9.17) is 0 Å². The van der Waals surface area contributed by atoms with Crippen LogP contribution in [0.4, 0.5) is 5.82 Å². The molecule has 0 N–H and O–H groups in total. The molecule has 122 valence electrons. The van der Waals surface area contributed by atoms with Gasteiger partial charge in [-0.2, -0.15) is 9.40 Å². The first kappa shape index (κ1) is 14.6. The molecule has 2 fully saturated rings. The number of rotatable bonds is 4. The van der Waals surface area contributed by atoms with Crippen molar-refractivity contribution in [2.45, 2.75) is 23.7 Å². The Morgan fingerprint density at radius 3 is 2.43 bits per heavy atom. The number of aromatic nitrogens is 3. The van der Waals surface area contributed by atoms with Crippen LogP contribution in [0.15, 0.2) is 34.0 Å². The average Bonchev–Trinajstić information content (AvgIpc) is 3.28. The molecule has 9 heteroatoms. The van der Waals surface area contributed by atoms with Gasteiger partial charge in [0.25, 0.3) is 0 Å². The van der Waals surface area contributed by atoms with E-state index >= 15 is 0 Å². The van der Waals surface area contributed by atoms with E-state index in [1.165, 1.54) is 23.3 Å². The van der Waals surface area contributed by atoms with E-state index in [0.29, 0.717) is 32.1 Å². The summed E-state index contributed by atoms with van der Waals surface area (Å²) in [4.78, 5) is 2.16. The molecule has 0 amide bonds. The van der Waals surface area contributed by atoms with Gasteiger partial charge in [0.15, 0.2) is 5.82 Å². The van der Waals surface area contributed by atoms with Crippen molar-refractivity contribution in [2.75, 3.05) is 31.1 Å². The zero-order valence-electron chi connectivity index (χ0n) is 12.5. The van der Waals surface area contributed by atoms with Crippen molar-refractivity contribution in [1.82, 2.24) is 19.7 Å². The normalized spacial score (nSPS) is 19.9. The maximum atomic E-state index is 12.4. The van der Waals surface area contributed by atoms with Crippen molar-refractivity contribution in [1.29, 1.82) is 0 Å². The quantitative estimate of drug-likeness (QED) is 0.818. The average molecular weight is 335 g/mol. The van der Waals surface area contributed by atoms with Crippen molar-refractivity contribution >= 4 is 15.8 Å². The van der Waals surface area contributed by atoms with E-state index in [1.54, 1.807) is 0 Å². The molecular weight excluding hydrogens is 318 g/mol. The third-order valence-electron chi connectivity index (χ3n) is 4.28. The minimum atomic E-state index is -3.52. The van der Waals surface area contributed by atoms with Gasteiger partial charge in [0.1, 0.15) is 11.2 Å². The summed E-state index contributed by atoms with van der Waals surface area (Å²) in [5.74, 6) is 1.39. The number of hydrogen-bond acceptors (Lipinski definition) is 7. The molecule has 1 saturated heterocycles. The summed E-state index contributed by atoms with van der Waals surface area (Å²) >= 11 is 0. The zero-order chi connectivity index (χ0) is 15.9. The SMILES string of the molecule is O=S(=O)(c1cnoc1)N1CCN(c2ccc(C3CC3)nn2)CC1. The molecule has 0 spiro atoms. The minimum Gasteiger partial charge on any atom is -0.363 e. The molecule has 0 atom stereocenters. The van der Waals surface area contributed by atoms with Gasteiger partial charge in [0.05, 0.1) is 11.9 Å². The molecule has 23 heavy (non-hydrogen) atoms. The number of anilines is 1. The Bertz CT molecular complexity index is 763. The molecule has 2 aromatic heterocycles. The van der Waals surface area contributed by atoms with Crippen LogP contribution in [0.3, 0.4) is 0 Å². The molecule has 1 aliphatic carbocycles. The topological polar surface area (TPSA) is 92.4 Å². The summed E-state index contributed by atoms with van der Waals surface area (Å²) in [6.07, 6.45) is 4.79. The smallest absolute Gasteiger partial charge is 0.248 e. The van der Waals surface area contributed by atoms with E-state index in [-0.39, 0.29) is 4.90 Å². The first-order valence-electron chi connectivity index (χ1n) is 7.63. The second-order valence-corrected chi connectivity index (χ2v) is 7.78. The monoisotopic (exact) mass is 335 g/mol. The molecule has 0 radical (unpaired) electrons. The van der Waals surface area contributed by atoms with Crippen molar-refractivity contribution in [2.24, 2.45) is 0 Å². The lowest BCUT2D eigenvalue weighted by Crippen LogP contribution is -2.48. The summed E-state index contributed by atoms with van der Waals surface area (Å²) in [5, 5.41) is 12.0. The van der Waals surface area contributed by atoms with Gasteiger partial charge in [-0.25, -0.2) is 8.42 Å². The Kier molecular flexibility index (Phi) is 3.53. The van der Waals surface area contributed by atoms with Crippen LogP contribution in [0, 0.1) is 0 Å². The molecule has 2 aliphatic rings. The molecule has 8 nitrogen and oxygen atoms in total. The summed E-state index contributed by atoms with van der Waals surface area (Å²) in [5.41, 5.74) is 1.06. The lowest BCUT2D eigenvalue weighted by molar-refractivity contribution is 0.382. The predicted octanol–water partition coefficient (Wildman–Crippen LogP) is 0.853. The van der Waals surface area contributed by atoms with Gasteiger partial charge in [0, 0.05) is 32.1 Å². The van der Waals surface area contributed by atoms with Crippen molar-refractivity contribution in [3.63, 3.8) is 0 Å². The van der Waals surface area contributed by atoms with Gasteiger partial charge >= 0.3 is 0 Å². The molecular formula is C14H17N5O3S. The maximum Gasteiger partial charge on any atom is 0.248 e. The first-order valence-corrected chi connectivity index (χ1v) is 9.07. The van der Waals surface area contributed by atoms with Gasteiger partial charge in [-0.1, -0.05) is 5.16 Å². The van der Waals surface area contributed by atoms with Gasteiger partial charge in [-0.05, 0) is 25.0 Å². The first-order chi connectivity index (χ1) is 11.1. The Balaban J connectivity index is 1.42. The van der Waals surface area contributed by atoms with Crippen LogP contribution in [-0.4, -0.2) is 54.3 Å². The molecule has 1 aliphatic heterocycles. The van der Waals surface area contributed by atoms with Gasteiger partial charge in [-0.15, -0.1) is 5.10 Å². The lowest BCUT2D eigenvalue weighted by Gasteiger charge is -2.34. The summed E-state index contributed by atoms with van der Waals surface area (Å²) in [6, 6.07) is 4.01. The molecule has 1 saturated carbocycles. The molecule has 0 unspecified atom stereocenters. The lowest BCUT2D eigenvalue weighted by atomic mass is 10.2. The van der Waals surface area contributed by atoms with E-state index in [9.17, 15) is 8.42 Å². The largest absolute Gasteiger partial charge is 0.363 e. The number of sulfonamides is 1. The highest BCUT2D eigenvalue weighted by molar-refractivity contribution is 7.89. The fourth-order valence-corrected chi connectivity index (χ4v) is 4.01. The fourth-order valence-electron chi connectivity index (χ4n) is 2.73. The summed E-state index contributed by atoms with van der Waals surface area (Å²) in [6.45, 7) is 1.98. The van der Waals surface area contributed by atoms with Gasteiger partial charge in [-0.3, -0.25) is 0 Å². The standard InChI is InChI=1S/C14H17N5O3S/c20-23(21,12-9-15-22-10-12)19-7-5-18(6-8-19)14-4-3-13(16-17-14)11-1-2-11/h3-4,9-11H,1-2,5-8H2. The zero-order valence-corrected chi connectivity index (χ0v) is 13.3. The predicted molar refractivity (Wildman–Crippen MR) is 81.5 cm³/mol. The Labute approximate surface area is 134 Å². The van der Waals surface area contributed by atoms with E-state index in [1.807, 2.05) is 12.1 Å².